The first-order valence-corrected chi connectivity index (χ1v) is 30.0. The molecule has 0 aliphatic heterocycles. The summed E-state index contributed by atoms with van der Waals surface area (Å²) in [7, 11) is 0. The maximum Gasteiger partial charge on any atom is 0.306 e. The molecule has 0 bridgehead atoms. The van der Waals surface area contributed by atoms with Gasteiger partial charge in [-0.25, -0.2) is 0 Å². The van der Waals surface area contributed by atoms with Gasteiger partial charge in [0, 0.05) is 19.3 Å². The van der Waals surface area contributed by atoms with Crippen LogP contribution in [0.3, 0.4) is 0 Å². The molecule has 0 saturated heterocycles. The minimum absolute atomic E-state index is 0.0624. The first-order chi connectivity index (χ1) is 32.5. The van der Waals surface area contributed by atoms with Crippen LogP contribution in [0.15, 0.2) is 0 Å². The van der Waals surface area contributed by atoms with Crippen molar-refractivity contribution in [3.63, 3.8) is 0 Å². The second kappa shape index (κ2) is 56.0. The SMILES string of the molecule is CCCCCCCCCCCCCCCCCCCCCCCCCCCCCCC(=O)OCC(COC(=O)CCCCCCCC)OC(=O)CCCCCCCCCCCCCCCC. The van der Waals surface area contributed by atoms with E-state index in [-0.39, 0.29) is 31.1 Å². The maximum atomic E-state index is 12.8. The Morgan fingerprint density at radius 2 is 0.409 bits per heavy atom. The van der Waals surface area contributed by atoms with E-state index in [9.17, 15) is 14.4 Å². The molecule has 0 N–H and O–H groups in total. The van der Waals surface area contributed by atoms with Crippen molar-refractivity contribution in [1.29, 1.82) is 0 Å². The number of rotatable bonds is 56. The molecule has 392 valence electrons. The van der Waals surface area contributed by atoms with Crippen LogP contribution in [0.1, 0.15) is 348 Å². The maximum absolute atomic E-state index is 12.8. The molecule has 0 aromatic heterocycles. The average molecular weight is 934 g/mol. The van der Waals surface area contributed by atoms with Crippen LogP contribution in [0, 0.1) is 0 Å². The lowest BCUT2D eigenvalue weighted by Gasteiger charge is -2.18. The van der Waals surface area contributed by atoms with Gasteiger partial charge in [0.05, 0.1) is 0 Å². The summed E-state index contributed by atoms with van der Waals surface area (Å²) < 4.78 is 16.8. The van der Waals surface area contributed by atoms with E-state index in [0.29, 0.717) is 19.3 Å². The molecule has 6 nitrogen and oxygen atoms in total. The first kappa shape index (κ1) is 64.4. The Hall–Kier alpha value is -1.59. The molecule has 0 aromatic rings. The molecule has 0 spiro atoms. The molecule has 66 heavy (non-hydrogen) atoms. The number of hydrogen-bond donors (Lipinski definition) is 0. The van der Waals surface area contributed by atoms with Crippen LogP contribution in [0.25, 0.3) is 0 Å². The van der Waals surface area contributed by atoms with Crippen molar-refractivity contribution in [3.05, 3.63) is 0 Å². The predicted molar refractivity (Wildman–Crippen MR) is 284 cm³/mol. The molecule has 0 amide bonds. The van der Waals surface area contributed by atoms with Gasteiger partial charge in [-0.1, -0.05) is 310 Å². The number of hydrogen-bond acceptors (Lipinski definition) is 6. The van der Waals surface area contributed by atoms with E-state index in [1.807, 2.05) is 0 Å². The first-order valence-electron chi connectivity index (χ1n) is 30.0. The summed E-state index contributed by atoms with van der Waals surface area (Å²) in [4.78, 5) is 37.8. The summed E-state index contributed by atoms with van der Waals surface area (Å²) in [5.41, 5.74) is 0. The molecule has 1 atom stereocenters. The zero-order valence-corrected chi connectivity index (χ0v) is 45.0. The summed E-state index contributed by atoms with van der Waals surface area (Å²) in [5.74, 6) is -0.848. The smallest absolute Gasteiger partial charge is 0.306 e. The van der Waals surface area contributed by atoms with Crippen LogP contribution < -0.4 is 0 Å². The largest absolute Gasteiger partial charge is 0.462 e. The van der Waals surface area contributed by atoms with Crippen molar-refractivity contribution in [2.24, 2.45) is 0 Å². The van der Waals surface area contributed by atoms with E-state index in [1.165, 1.54) is 250 Å². The second-order valence-electron chi connectivity index (χ2n) is 20.6. The molecule has 0 aliphatic carbocycles. The van der Waals surface area contributed by atoms with E-state index in [1.54, 1.807) is 0 Å². The van der Waals surface area contributed by atoms with Gasteiger partial charge >= 0.3 is 17.9 Å². The fourth-order valence-corrected chi connectivity index (χ4v) is 9.33. The van der Waals surface area contributed by atoms with Gasteiger partial charge in [0.25, 0.3) is 0 Å². The standard InChI is InChI=1S/C60H116O6/c1-4-7-10-13-16-18-20-22-24-25-26-27-28-29-30-31-32-33-34-35-36-37-39-40-42-44-47-50-53-59(62)65-56-57(55-64-58(61)52-49-46-15-12-9-6-3)66-60(63)54-51-48-45-43-41-38-23-21-19-17-14-11-8-5-2/h57H,4-56H2,1-3H3. The summed E-state index contributed by atoms with van der Waals surface area (Å²) >= 11 is 0. The molecular formula is C60H116O6. The zero-order chi connectivity index (χ0) is 47.9. The molecule has 1 unspecified atom stereocenters. The molecule has 0 radical (unpaired) electrons. The van der Waals surface area contributed by atoms with E-state index in [2.05, 4.69) is 20.8 Å². The predicted octanol–water partition coefficient (Wildman–Crippen LogP) is 19.9. The molecule has 0 saturated carbocycles. The van der Waals surface area contributed by atoms with Crippen LogP contribution in [0.5, 0.6) is 0 Å². The highest BCUT2D eigenvalue weighted by Gasteiger charge is 2.19. The van der Waals surface area contributed by atoms with Gasteiger partial charge in [0.1, 0.15) is 13.2 Å². The Labute approximate surface area is 412 Å². The highest BCUT2D eigenvalue weighted by atomic mass is 16.6. The molecule has 0 heterocycles. The second-order valence-corrected chi connectivity index (χ2v) is 20.6. The topological polar surface area (TPSA) is 78.9 Å². The van der Waals surface area contributed by atoms with Crippen LogP contribution in [0.4, 0.5) is 0 Å². The van der Waals surface area contributed by atoms with Gasteiger partial charge in [-0.05, 0) is 19.3 Å². The monoisotopic (exact) mass is 933 g/mol. The number of ether oxygens (including phenoxy) is 3. The van der Waals surface area contributed by atoms with E-state index in [0.717, 1.165) is 57.8 Å². The third-order valence-corrected chi connectivity index (χ3v) is 13.9. The van der Waals surface area contributed by atoms with Gasteiger partial charge in [0.2, 0.25) is 0 Å². The van der Waals surface area contributed by atoms with Crippen molar-refractivity contribution in [3.8, 4) is 0 Å². The van der Waals surface area contributed by atoms with Gasteiger partial charge in [-0.2, -0.15) is 0 Å². The summed E-state index contributed by atoms with van der Waals surface area (Å²) in [5, 5.41) is 0. The van der Waals surface area contributed by atoms with Gasteiger partial charge in [-0.15, -0.1) is 0 Å². The quantitative estimate of drug-likeness (QED) is 0.0343. The Morgan fingerprint density at radius 1 is 0.242 bits per heavy atom. The molecule has 0 fully saturated rings. The van der Waals surface area contributed by atoms with Crippen molar-refractivity contribution in [2.45, 2.75) is 354 Å². The number of esters is 3. The minimum Gasteiger partial charge on any atom is -0.462 e. The molecule has 0 aliphatic rings. The van der Waals surface area contributed by atoms with Crippen LogP contribution in [-0.2, 0) is 28.6 Å². The van der Waals surface area contributed by atoms with Crippen molar-refractivity contribution < 1.29 is 28.6 Å². The molecule has 0 rings (SSSR count). The minimum atomic E-state index is -0.759. The van der Waals surface area contributed by atoms with Crippen molar-refractivity contribution in [1.82, 2.24) is 0 Å². The Bertz CT molecular complexity index is 982. The molecule has 6 heteroatoms. The highest BCUT2D eigenvalue weighted by Crippen LogP contribution is 2.18. The third-order valence-electron chi connectivity index (χ3n) is 13.9. The van der Waals surface area contributed by atoms with Crippen molar-refractivity contribution >= 4 is 17.9 Å². The Morgan fingerprint density at radius 3 is 0.606 bits per heavy atom. The van der Waals surface area contributed by atoms with Crippen molar-refractivity contribution in [2.75, 3.05) is 13.2 Å². The van der Waals surface area contributed by atoms with E-state index >= 15 is 0 Å². The van der Waals surface area contributed by atoms with Crippen LogP contribution in [-0.4, -0.2) is 37.2 Å². The van der Waals surface area contributed by atoms with E-state index in [4.69, 9.17) is 14.2 Å². The zero-order valence-electron chi connectivity index (χ0n) is 45.0. The number of unbranched alkanes of at least 4 members (excludes halogenated alkanes) is 45. The fourth-order valence-electron chi connectivity index (χ4n) is 9.33. The van der Waals surface area contributed by atoms with Gasteiger partial charge in [-0.3, -0.25) is 14.4 Å². The lowest BCUT2D eigenvalue weighted by Crippen LogP contribution is -2.30. The summed E-state index contributed by atoms with van der Waals surface area (Å²) in [6.45, 7) is 6.64. The fraction of sp³-hybridized carbons (Fsp3) is 0.950. The van der Waals surface area contributed by atoms with Crippen LogP contribution in [0.2, 0.25) is 0 Å². The number of carbonyl (C=O) groups excluding carboxylic acids is 3. The molecule has 0 aromatic carbocycles. The normalized spacial score (nSPS) is 11.9. The Balaban J connectivity index is 3.94. The average Bonchev–Trinajstić information content (AvgIpc) is 3.31. The summed E-state index contributed by atoms with van der Waals surface area (Å²) in [6.07, 6.45) is 62.9. The lowest BCUT2D eigenvalue weighted by molar-refractivity contribution is -0.167. The summed E-state index contributed by atoms with van der Waals surface area (Å²) in [6, 6.07) is 0. The third kappa shape index (κ3) is 53.4. The highest BCUT2D eigenvalue weighted by molar-refractivity contribution is 5.71. The van der Waals surface area contributed by atoms with Crippen LogP contribution >= 0.6 is 0 Å². The Kier molecular flexibility index (Phi) is 54.7. The van der Waals surface area contributed by atoms with E-state index < -0.39 is 6.10 Å². The molecular weight excluding hydrogens is 817 g/mol. The van der Waals surface area contributed by atoms with Gasteiger partial charge < -0.3 is 14.2 Å². The lowest BCUT2D eigenvalue weighted by atomic mass is 10.0. The van der Waals surface area contributed by atoms with Gasteiger partial charge in [0.15, 0.2) is 6.10 Å². The number of carbonyl (C=O) groups is 3.